The van der Waals surface area contributed by atoms with Crippen LogP contribution in [0, 0.1) is 6.92 Å². The lowest BCUT2D eigenvalue weighted by atomic mass is 10.1. The summed E-state index contributed by atoms with van der Waals surface area (Å²) >= 11 is 1.60. The van der Waals surface area contributed by atoms with Crippen LogP contribution in [0.25, 0.3) is 21.6 Å². The first-order chi connectivity index (χ1) is 8.78. The second-order valence-electron chi connectivity index (χ2n) is 3.93. The highest BCUT2D eigenvalue weighted by Crippen LogP contribution is 2.29. The average molecular weight is 257 g/mol. The predicted molar refractivity (Wildman–Crippen MR) is 71.9 cm³/mol. The molecule has 0 aliphatic carbocycles. The fourth-order valence-corrected chi connectivity index (χ4v) is 2.52. The average Bonchev–Trinajstić information content (AvgIpc) is 2.90. The topological polar surface area (TPSA) is 47.9 Å². The Morgan fingerprint density at radius 2 is 2.11 bits per heavy atom. The number of rotatable bonds is 2. The molecule has 2 heterocycles. The van der Waals surface area contributed by atoms with Gasteiger partial charge < -0.3 is 4.74 Å². The molecule has 0 saturated heterocycles. The van der Waals surface area contributed by atoms with Crippen LogP contribution in [0.2, 0.25) is 0 Å². The van der Waals surface area contributed by atoms with Crippen molar-refractivity contribution >= 4 is 22.4 Å². The molecule has 18 heavy (non-hydrogen) atoms. The lowest BCUT2D eigenvalue weighted by Crippen LogP contribution is -1.93. The van der Waals surface area contributed by atoms with Gasteiger partial charge in [0, 0.05) is 17.1 Å². The van der Waals surface area contributed by atoms with Gasteiger partial charge in [0.05, 0.1) is 24.3 Å². The summed E-state index contributed by atoms with van der Waals surface area (Å²) in [6, 6.07) is 4.09. The molecule has 4 nitrogen and oxygen atoms in total. The number of ether oxygens (including phenoxy) is 1. The number of nitrogens with zero attached hydrogens (tertiary/aromatic N) is 3. The number of aryl methyl sites for hydroxylation is 1. The number of fused-ring (bicyclic) bond motifs is 1. The van der Waals surface area contributed by atoms with Crippen molar-refractivity contribution in [3.8, 4) is 16.5 Å². The molecule has 3 aromatic rings. The van der Waals surface area contributed by atoms with Gasteiger partial charge in [-0.25, -0.2) is 15.0 Å². The SMILES string of the molecule is COc1cnc2c(-c3nccs3)cc(C)cc2n1. The minimum Gasteiger partial charge on any atom is -0.480 e. The van der Waals surface area contributed by atoms with Crippen LogP contribution in [-0.4, -0.2) is 22.1 Å². The lowest BCUT2D eigenvalue weighted by Gasteiger charge is -2.06. The zero-order valence-corrected chi connectivity index (χ0v) is 10.9. The van der Waals surface area contributed by atoms with Crippen molar-refractivity contribution in [3.05, 3.63) is 35.5 Å². The summed E-state index contributed by atoms with van der Waals surface area (Å²) in [5.74, 6) is 0.526. The smallest absolute Gasteiger partial charge is 0.232 e. The largest absolute Gasteiger partial charge is 0.480 e. The van der Waals surface area contributed by atoms with Gasteiger partial charge >= 0.3 is 0 Å². The van der Waals surface area contributed by atoms with E-state index >= 15 is 0 Å². The molecule has 3 rings (SSSR count). The van der Waals surface area contributed by atoms with E-state index in [0.717, 1.165) is 27.2 Å². The first-order valence-electron chi connectivity index (χ1n) is 5.49. The number of aromatic nitrogens is 3. The molecule has 1 aromatic carbocycles. The number of hydrogen-bond acceptors (Lipinski definition) is 5. The monoisotopic (exact) mass is 257 g/mol. The summed E-state index contributed by atoms with van der Waals surface area (Å²) < 4.78 is 5.11. The first-order valence-corrected chi connectivity index (χ1v) is 6.37. The van der Waals surface area contributed by atoms with Gasteiger partial charge in [-0.15, -0.1) is 11.3 Å². The Bertz CT molecular complexity index is 695. The van der Waals surface area contributed by atoms with Gasteiger partial charge in [-0.05, 0) is 24.6 Å². The summed E-state index contributed by atoms with van der Waals surface area (Å²) in [5, 5.41) is 2.92. The van der Waals surface area contributed by atoms with E-state index in [2.05, 4.69) is 21.0 Å². The predicted octanol–water partition coefficient (Wildman–Crippen LogP) is 3.07. The van der Waals surface area contributed by atoms with Crippen molar-refractivity contribution in [1.82, 2.24) is 15.0 Å². The van der Waals surface area contributed by atoms with E-state index in [4.69, 9.17) is 4.74 Å². The third-order valence-corrected chi connectivity index (χ3v) is 3.45. The van der Waals surface area contributed by atoms with Crippen LogP contribution in [0.3, 0.4) is 0 Å². The maximum Gasteiger partial charge on any atom is 0.232 e. The quantitative estimate of drug-likeness (QED) is 0.708. The number of benzene rings is 1. The Balaban J connectivity index is 2.31. The summed E-state index contributed by atoms with van der Waals surface area (Å²) in [5.41, 5.74) is 3.85. The van der Waals surface area contributed by atoms with Crippen molar-refractivity contribution in [1.29, 1.82) is 0 Å². The van der Waals surface area contributed by atoms with Gasteiger partial charge in [0.2, 0.25) is 5.88 Å². The van der Waals surface area contributed by atoms with E-state index in [1.807, 2.05) is 18.4 Å². The molecule has 0 bridgehead atoms. The minimum atomic E-state index is 0.526. The normalized spacial score (nSPS) is 10.8. The van der Waals surface area contributed by atoms with Crippen LogP contribution in [0.5, 0.6) is 5.88 Å². The Morgan fingerprint density at radius 1 is 1.22 bits per heavy atom. The highest BCUT2D eigenvalue weighted by Gasteiger charge is 2.10. The summed E-state index contributed by atoms with van der Waals surface area (Å²) in [7, 11) is 1.59. The van der Waals surface area contributed by atoms with Crippen LogP contribution in [0.15, 0.2) is 29.9 Å². The van der Waals surface area contributed by atoms with Crippen LogP contribution in [0.1, 0.15) is 5.56 Å². The number of methoxy groups -OCH3 is 1. The molecular formula is C13H11N3OS. The van der Waals surface area contributed by atoms with Crippen molar-refractivity contribution in [3.63, 3.8) is 0 Å². The fourth-order valence-electron chi connectivity index (χ4n) is 1.87. The minimum absolute atomic E-state index is 0.526. The molecule has 0 fully saturated rings. The molecular weight excluding hydrogens is 246 g/mol. The molecule has 0 atom stereocenters. The second-order valence-corrected chi connectivity index (χ2v) is 4.82. The molecule has 0 aliphatic heterocycles. The molecule has 0 amide bonds. The number of thiazole rings is 1. The van der Waals surface area contributed by atoms with Crippen LogP contribution >= 0.6 is 11.3 Å². The third kappa shape index (κ3) is 1.82. The molecule has 0 N–H and O–H groups in total. The van der Waals surface area contributed by atoms with Gasteiger partial charge in [0.15, 0.2) is 0 Å². The van der Waals surface area contributed by atoms with Gasteiger partial charge in [0.1, 0.15) is 5.01 Å². The molecule has 0 unspecified atom stereocenters. The van der Waals surface area contributed by atoms with E-state index in [1.165, 1.54) is 0 Å². The molecule has 0 radical (unpaired) electrons. The Labute approximate surface area is 108 Å². The molecule has 0 saturated carbocycles. The Kier molecular flexibility index (Phi) is 2.68. The maximum absolute atomic E-state index is 5.11. The molecule has 90 valence electrons. The van der Waals surface area contributed by atoms with Crippen LogP contribution in [-0.2, 0) is 0 Å². The lowest BCUT2D eigenvalue weighted by molar-refractivity contribution is 0.397. The standard InChI is InChI=1S/C13H11N3OS/c1-8-5-9(13-14-3-4-18-13)12-10(6-8)16-11(17-2)7-15-12/h3-7H,1-2H3. The van der Waals surface area contributed by atoms with Gasteiger partial charge in [-0.2, -0.15) is 0 Å². The Morgan fingerprint density at radius 3 is 2.83 bits per heavy atom. The molecule has 5 heteroatoms. The van der Waals surface area contributed by atoms with Crippen molar-refractivity contribution < 1.29 is 4.74 Å². The van der Waals surface area contributed by atoms with Crippen molar-refractivity contribution in [2.75, 3.05) is 7.11 Å². The van der Waals surface area contributed by atoms with Gasteiger partial charge in [0.25, 0.3) is 0 Å². The zero-order valence-electron chi connectivity index (χ0n) is 10.0. The maximum atomic E-state index is 5.11. The van der Waals surface area contributed by atoms with E-state index in [1.54, 1.807) is 30.8 Å². The number of hydrogen-bond donors (Lipinski definition) is 0. The first kappa shape index (κ1) is 11.1. The summed E-state index contributed by atoms with van der Waals surface area (Å²) in [6.07, 6.45) is 3.43. The highest BCUT2D eigenvalue weighted by atomic mass is 32.1. The van der Waals surface area contributed by atoms with Gasteiger partial charge in [-0.3, -0.25) is 0 Å². The molecule has 0 spiro atoms. The highest BCUT2D eigenvalue weighted by molar-refractivity contribution is 7.13. The third-order valence-electron chi connectivity index (χ3n) is 2.64. The van der Waals surface area contributed by atoms with Crippen LogP contribution in [0.4, 0.5) is 0 Å². The van der Waals surface area contributed by atoms with Crippen molar-refractivity contribution in [2.24, 2.45) is 0 Å². The zero-order chi connectivity index (χ0) is 12.5. The van der Waals surface area contributed by atoms with Crippen LogP contribution < -0.4 is 4.74 Å². The van der Waals surface area contributed by atoms with E-state index in [0.29, 0.717) is 5.88 Å². The van der Waals surface area contributed by atoms with E-state index in [9.17, 15) is 0 Å². The molecule has 0 aliphatic rings. The molecule has 2 aromatic heterocycles. The van der Waals surface area contributed by atoms with Gasteiger partial charge in [-0.1, -0.05) is 0 Å². The Hall–Kier alpha value is -2.01. The second kappa shape index (κ2) is 4.34. The summed E-state index contributed by atoms with van der Waals surface area (Å²) in [6.45, 7) is 2.04. The van der Waals surface area contributed by atoms with E-state index < -0.39 is 0 Å². The van der Waals surface area contributed by atoms with Crippen molar-refractivity contribution in [2.45, 2.75) is 6.92 Å². The van der Waals surface area contributed by atoms with E-state index in [-0.39, 0.29) is 0 Å². The fraction of sp³-hybridized carbons (Fsp3) is 0.154. The summed E-state index contributed by atoms with van der Waals surface area (Å²) in [4.78, 5) is 13.2.